The summed E-state index contributed by atoms with van der Waals surface area (Å²) in [5, 5.41) is 6.58. The minimum Gasteiger partial charge on any atom is -0.495 e. The largest absolute Gasteiger partial charge is 0.495 e. The maximum atomic E-state index is 12.2. The molecule has 0 aliphatic carbocycles. The molecule has 0 saturated heterocycles. The van der Waals surface area contributed by atoms with Crippen LogP contribution in [-0.2, 0) is 6.54 Å². The summed E-state index contributed by atoms with van der Waals surface area (Å²) in [6.07, 6.45) is 1.61. The van der Waals surface area contributed by atoms with Gasteiger partial charge in [0.05, 0.1) is 24.0 Å². The molecule has 1 amide bonds. The first kappa shape index (κ1) is 18.7. The van der Waals surface area contributed by atoms with Crippen molar-refractivity contribution in [2.24, 2.45) is 0 Å². The number of ether oxygens (including phenoxy) is 1. The molecule has 3 aromatic rings. The summed E-state index contributed by atoms with van der Waals surface area (Å²) in [6, 6.07) is 16.9. The van der Waals surface area contributed by atoms with Crippen molar-refractivity contribution >= 4 is 28.9 Å². The van der Waals surface area contributed by atoms with E-state index in [0.717, 1.165) is 16.9 Å². The highest BCUT2D eigenvalue weighted by atomic mass is 35.5. The molecule has 1 aromatic heterocycles. The number of aromatic nitrogens is 1. The lowest BCUT2D eigenvalue weighted by atomic mass is 10.1. The van der Waals surface area contributed by atoms with Gasteiger partial charge in [0.1, 0.15) is 11.4 Å². The van der Waals surface area contributed by atoms with Crippen LogP contribution in [0.2, 0.25) is 5.02 Å². The number of hydrogen-bond donors (Lipinski definition) is 2. The highest BCUT2D eigenvalue weighted by molar-refractivity contribution is 6.32. The number of carbonyl (C=O) groups excluding carboxylic acids is 1. The van der Waals surface area contributed by atoms with E-state index in [0.29, 0.717) is 23.0 Å². The number of rotatable bonds is 6. The summed E-state index contributed by atoms with van der Waals surface area (Å²) in [4.78, 5) is 16.5. The fourth-order valence-electron chi connectivity index (χ4n) is 2.49. The third-order valence-corrected chi connectivity index (χ3v) is 4.31. The van der Waals surface area contributed by atoms with E-state index in [9.17, 15) is 4.79 Å². The van der Waals surface area contributed by atoms with Crippen LogP contribution >= 0.6 is 11.6 Å². The van der Waals surface area contributed by atoms with Gasteiger partial charge >= 0.3 is 0 Å². The summed E-state index contributed by atoms with van der Waals surface area (Å²) in [7, 11) is 1.57. The third-order valence-electron chi connectivity index (χ3n) is 4.01. The zero-order chi connectivity index (χ0) is 19.2. The predicted octanol–water partition coefficient (Wildman–Crippen LogP) is 4.73. The topological polar surface area (TPSA) is 63.2 Å². The Bertz CT molecular complexity index is 925. The molecule has 0 atom stereocenters. The summed E-state index contributed by atoms with van der Waals surface area (Å²) >= 11 is 6.12. The van der Waals surface area contributed by atoms with Crippen molar-refractivity contribution < 1.29 is 9.53 Å². The Morgan fingerprint density at radius 2 is 1.81 bits per heavy atom. The number of benzene rings is 2. The van der Waals surface area contributed by atoms with Crippen molar-refractivity contribution in [2.75, 3.05) is 12.4 Å². The van der Waals surface area contributed by atoms with Crippen molar-refractivity contribution in [1.82, 2.24) is 10.3 Å². The van der Waals surface area contributed by atoms with Crippen LogP contribution in [0.3, 0.4) is 0 Å². The zero-order valence-electron chi connectivity index (χ0n) is 15.1. The second-order valence-electron chi connectivity index (χ2n) is 6.07. The molecule has 27 heavy (non-hydrogen) atoms. The minimum absolute atomic E-state index is 0.213. The van der Waals surface area contributed by atoms with E-state index in [1.165, 1.54) is 5.56 Å². The smallest absolute Gasteiger partial charge is 0.270 e. The minimum atomic E-state index is -0.213. The Hall–Kier alpha value is -3.05. The number of anilines is 2. The Kier molecular flexibility index (Phi) is 5.94. The van der Waals surface area contributed by atoms with E-state index in [2.05, 4.69) is 15.6 Å². The zero-order valence-corrected chi connectivity index (χ0v) is 15.9. The maximum Gasteiger partial charge on any atom is 0.270 e. The fourth-order valence-corrected chi connectivity index (χ4v) is 2.75. The van der Waals surface area contributed by atoms with Gasteiger partial charge in [0.2, 0.25) is 0 Å². The second-order valence-corrected chi connectivity index (χ2v) is 6.48. The quantitative estimate of drug-likeness (QED) is 0.648. The lowest BCUT2D eigenvalue weighted by molar-refractivity contribution is 0.0946. The monoisotopic (exact) mass is 381 g/mol. The van der Waals surface area contributed by atoms with E-state index in [1.54, 1.807) is 37.6 Å². The van der Waals surface area contributed by atoms with Gasteiger partial charge < -0.3 is 15.4 Å². The van der Waals surface area contributed by atoms with Gasteiger partial charge in [0, 0.05) is 12.2 Å². The molecule has 5 nitrogen and oxygen atoms in total. The van der Waals surface area contributed by atoms with Gasteiger partial charge in [-0.25, -0.2) is 4.98 Å². The number of nitrogens with zero attached hydrogens (tertiary/aromatic N) is 1. The van der Waals surface area contributed by atoms with Gasteiger partial charge in [-0.15, -0.1) is 0 Å². The molecular weight excluding hydrogens is 362 g/mol. The molecule has 2 aromatic carbocycles. The predicted molar refractivity (Wildman–Crippen MR) is 108 cm³/mol. The molecule has 3 rings (SSSR count). The Morgan fingerprint density at radius 3 is 2.44 bits per heavy atom. The van der Waals surface area contributed by atoms with Crippen LogP contribution < -0.4 is 15.4 Å². The number of halogens is 1. The van der Waals surface area contributed by atoms with E-state index >= 15 is 0 Å². The van der Waals surface area contributed by atoms with Crippen molar-refractivity contribution in [3.63, 3.8) is 0 Å². The van der Waals surface area contributed by atoms with Crippen LogP contribution in [0.5, 0.6) is 5.75 Å². The van der Waals surface area contributed by atoms with Crippen LogP contribution in [0, 0.1) is 6.92 Å². The van der Waals surface area contributed by atoms with Crippen LogP contribution in [0.15, 0.2) is 60.8 Å². The molecule has 0 aliphatic rings. The molecule has 0 bridgehead atoms. The molecule has 0 aliphatic heterocycles. The Morgan fingerprint density at radius 1 is 1.07 bits per heavy atom. The number of hydrogen-bond acceptors (Lipinski definition) is 4. The average Bonchev–Trinajstić information content (AvgIpc) is 2.68. The van der Waals surface area contributed by atoms with Gasteiger partial charge in [-0.3, -0.25) is 4.79 Å². The maximum absolute atomic E-state index is 12.2. The van der Waals surface area contributed by atoms with Gasteiger partial charge in [-0.2, -0.15) is 0 Å². The molecule has 6 heteroatoms. The van der Waals surface area contributed by atoms with Crippen LogP contribution in [-0.4, -0.2) is 18.0 Å². The number of methoxy groups -OCH3 is 1. The van der Waals surface area contributed by atoms with Gasteiger partial charge in [-0.05, 0) is 42.8 Å². The first-order chi connectivity index (χ1) is 13.0. The lowest BCUT2D eigenvalue weighted by Crippen LogP contribution is -2.23. The molecule has 0 radical (unpaired) electrons. The van der Waals surface area contributed by atoms with Crippen molar-refractivity contribution in [1.29, 1.82) is 0 Å². The summed E-state index contributed by atoms with van der Waals surface area (Å²) in [5.74, 6) is 0.399. The molecule has 2 N–H and O–H groups in total. The standard InChI is InChI=1S/C21H20ClN3O2/c1-14-3-5-15(6-4-14)12-24-21(26)19-9-7-17(13-23-19)25-16-8-10-20(27-2)18(22)11-16/h3-11,13,25H,12H2,1-2H3,(H,24,26). The lowest BCUT2D eigenvalue weighted by Gasteiger charge is -2.09. The normalized spacial score (nSPS) is 10.3. The molecule has 0 spiro atoms. The van der Waals surface area contributed by atoms with E-state index in [-0.39, 0.29) is 5.91 Å². The number of amides is 1. The third kappa shape index (κ3) is 4.99. The molecule has 1 heterocycles. The van der Waals surface area contributed by atoms with Gasteiger partial charge in [-0.1, -0.05) is 41.4 Å². The molecule has 0 unspecified atom stereocenters. The summed E-state index contributed by atoms with van der Waals surface area (Å²) in [5.41, 5.74) is 4.16. The van der Waals surface area contributed by atoms with E-state index < -0.39 is 0 Å². The molecule has 0 fully saturated rings. The number of carbonyl (C=O) groups is 1. The molecule has 138 valence electrons. The van der Waals surface area contributed by atoms with Crippen molar-refractivity contribution in [2.45, 2.75) is 13.5 Å². The first-order valence-corrected chi connectivity index (χ1v) is 8.83. The Balaban J connectivity index is 1.60. The SMILES string of the molecule is COc1ccc(Nc2ccc(C(=O)NCc3ccc(C)cc3)nc2)cc1Cl. The highest BCUT2D eigenvalue weighted by Gasteiger charge is 2.08. The van der Waals surface area contributed by atoms with Gasteiger partial charge in [0.25, 0.3) is 5.91 Å². The second kappa shape index (κ2) is 8.56. The highest BCUT2D eigenvalue weighted by Crippen LogP contribution is 2.28. The Labute approximate surface area is 163 Å². The van der Waals surface area contributed by atoms with Crippen molar-refractivity contribution in [3.8, 4) is 5.75 Å². The average molecular weight is 382 g/mol. The number of aryl methyl sites for hydroxylation is 1. The van der Waals surface area contributed by atoms with Crippen LogP contribution in [0.4, 0.5) is 11.4 Å². The van der Waals surface area contributed by atoms with E-state index in [4.69, 9.17) is 16.3 Å². The summed E-state index contributed by atoms with van der Waals surface area (Å²) in [6.45, 7) is 2.49. The number of nitrogens with one attached hydrogen (secondary N) is 2. The van der Waals surface area contributed by atoms with Gasteiger partial charge in [0.15, 0.2) is 0 Å². The van der Waals surface area contributed by atoms with Crippen molar-refractivity contribution in [3.05, 3.63) is 82.6 Å². The fraction of sp³-hybridized carbons (Fsp3) is 0.143. The first-order valence-electron chi connectivity index (χ1n) is 8.45. The summed E-state index contributed by atoms with van der Waals surface area (Å²) < 4.78 is 5.14. The number of pyridine rings is 1. The van der Waals surface area contributed by atoms with Crippen LogP contribution in [0.1, 0.15) is 21.6 Å². The molecule has 0 saturated carbocycles. The van der Waals surface area contributed by atoms with E-state index in [1.807, 2.05) is 37.3 Å². The van der Waals surface area contributed by atoms with Crippen LogP contribution in [0.25, 0.3) is 0 Å². The molecular formula is C21H20ClN3O2.